The van der Waals surface area contributed by atoms with E-state index in [-0.39, 0.29) is 29.4 Å². The van der Waals surface area contributed by atoms with Gasteiger partial charge in [0.25, 0.3) is 0 Å². The number of hydrogen-bond donors (Lipinski definition) is 2. The molecule has 3 atom stereocenters. The first-order valence-corrected chi connectivity index (χ1v) is 10.1. The summed E-state index contributed by atoms with van der Waals surface area (Å²) >= 11 is 0. The third-order valence-electron chi connectivity index (χ3n) is 6.26. The highest BCUT2D eigenvalue weighted by atomic mass is 32.2. The number of carbonyl (C=O) groups excluding carboxylic acids is 1. The Morgan fingerprint density at radius 3 is 2.50 bits per heavy atom. The molecule has 2 bridgehead atoms. The predicted molar refractivity (Wildman–Crippen MR) is 91.8 cm³/mol. The maximum absolute atomic E-state index is 12.6. The van der Waals surface area contributed by atoms with E-state index >= 15 is 0 Å². The molecule has 0 aliphatic heterocycles. The van der Waals surface area contributed by atoms with Gasteiger partial charge in [-0.1, -0.05) is 44.2 Å². The molecule has 2 fully saturated rings. The van der Waals surface area contributed by atoms with Crippen molar-refractivity contribution < 1.29 is 18.3 Å². The molecule has 0 spiro atoms. The maximum atomic E-state index is 12.6. The van der Waals surface area contributed by atoms with Crippen molar-refractivity contribution in [2.45, 2.75) is 39.2 Å². The number of benzene rings is 1. The van der Waals surface area contributed by atoms with E-state index in [0.29, 0.717) is 18.4 Å². The second-order valence-electron chi connectivity index (χ2n) is 7.70. The molecule has 0 radical (unpaired) electrons. The molecule has 0 heterocycles. The SMILES string of the molecule is CC1(C)[C@H]2CC[C@@]1(CS(=O)(=O)NC[C@H](O)c1ccccc1)C(=O)C2. The van der Waals surface area contributed by atoms with E-state index in [1.165, 1.54) is 0 Å². The Morgan fingerprint density at radius 1 is 1.29 bits per heavy atom. The Hall–Kier alpha value is -1.24. The first-order valence-electron chi connectivity index (χ1n) is 8.42. The number of carbonyl (C=O) groups is 1. The lowest BCUT2D eigenvalue weighted by Crippen LogP contribution is -2.45. The molecule has 6 heteroatoms. The van der Waals surface area contributed by atoms with Crippen LogP contribution in [0.2, 0.25) is 0 Å². The van der Waals surface area contributed by atoms with Crippen LogP contribution in [-0.2, 0) is 14.8 Å². The normalized spacial score (nSPS) is 29.8. The van der Waals surface area contributed by atoms with Gasteiger partial charge in [0.05, 0.1) is 11.9 Å². The van der Waals surface area contributed by atoms with E-state index in [1.807, 2.05) is 19.9 Å². The first-order chi connectivity index (χ1) is 11.2. The summed E-state index contributed by atoms with van der Waals surface area (Å²) in [7, 11) is -3.65. The van der Waals surface area contributed by atoms with Crippen molar-refractivity contribution in [3.05, 3.63) is 35.9 Å². The van der Waals surface area contributed by atoms with Gasteiger partial charge in [-0.3, -0.25) is 4.79 Å². The molecule has 0 aromatic heterocycles. The smallest absolute Gasteiger partial charge is 0.212 e. The van der Waals surface area contributed by atoms with Crippen molar-refractivity contribution in [1.29, 1.82) is 0 Å². The number of aliphatic hydroxyl groups is 1. The largest absolute Gasteiger partial charge is 0.387 e. The maximum Gasteiger partial charge on any atom is 0.212 e. The average Bonchev–Trinajstić information content (AvgIpc) is 2.87. The summed E-state index contributed by atoms with van der Waals surface area (Å²) < 4.78 is 27.6. The Kier molecular flexibility index (Phi) is 4.35. The molecule has 2 saturated carbocycles. The number of Topliss-reactive ketones (excluding diaryl/α,β-unsaturated/α-hetero) is 1. The van der Waals surface area contributed by atoms with Gasteiger partial charge in [-0.25, -0.2) is 13.1 Å². The van der Waals surface area contributed by atoms with Crippen molar-refractivity contribution >= 4 is 15.8 Å². The Morgan fingerprint density at radius 2 is 1.96 bits per heavy atom. The number of aliphatic hydroxyl groups excluding tert-OH is 1. The van der Waals surface area contributed by atoms with Crippen LogP contribution in [0.15, 0.2) is 30.3 Å². The molecule has 132 valence electrons. The number of rotatable bonds is 6. The average molecular weight is 351 g/mol. The monoisotopic (exact) mass is 351 g/mol. The zero-order valence-electron chi connectivity index (χ0n) is 14.2. The van der Waals surface area contributed by atoms with Gasteiger partial charge in [-0.2, -0.15) is 0 Å². The number of hydrogen-bond acceptors (Lipinski definition) is 4. The summed E-state index contributed by atoms with van der Waals surface area (Å²) in [6.07, 6.45) is 1.16. The molecule has 2 aliphatic carbocycles. The molecule has 2 aliphatic rings. The van der Waals surface area contributed by atoms with Gasteiger partial charge < -0.3 is 5.11 Å². The molecule has 24 heavy (non-hydrogen) atoms. The van der Waals surface area contributed by atoms with E-state index in [1.54, 1.807) is 24.3 Å². The van der Waals surface area contributed by atoms with Crippen molar-refractivity contribution in [2.75, 3.05) is 12.3 Å². The lowest BCUT2D eigenvalue weighted by Gasteiger charge is -2.36. The molecule has 0 unspecified atom stereocenters. The zero-order chi connectivity index (χ0) is 17.6. The van der Waals surface area contributed by atoms with E-state index in [9.17, 15) is 18.3 Å². The summed E-state index contributed by atoms with van der Waals surface area (Å²) in [5.74, 6) is 0.192. The molecule has 1 aromatic rings. The molecular formula is C18H25NO4S. The van der Waals surface area contributed by atoms with Crippen molar-refractivity contribution in [2.24, 2.45) is 16.7 Å². The molecule has 0 amide bonds. The molecule has 5 nitrogen and oxygen atoms in total. The highest BCUT2D eigenvalue weighted by molar-refractivity contribution is 7.89. The van der Waals surface area contributed by atoms with Gasteiger partial charge in [-0.15, -0.1) is 0 Å². The number of fused-ring (bicyclic) bond motifs is 2. The van der Waals surface area contributed by atoms with Crippen molar-refractivity contribution in [3.63, 3.8) is 0 Å². The fourth-order valence-electron chi connectivity index (χ4n) is 4.48. The topological polar surface area (TPSA) is 83.5 Å². The van der Waals surface area contributed by atoms with Crippen LogP contribution in [0, 0.1) is 16.7 Å². The Bertz CT molecular complexity index is 729. The molecule has 3 rings (SSSR count). The van der Waals surface area contributed by atoms with Crippen LogP contribution in [0.3, 0.4) is 0 Å². The molecule has 0 saturated heterocycles. The Balaban J connectivity index is 1.70. The molecule has 1 aromatic carbocycles. The first kappa shape index (κ1) is 17.6. The summed E-state index contributed by atoms with van der Waals surface area (Å²) in [4.78, 5) is 12.5. The van der Waals surface area contributed by atoms with Crippen LogP contribution in [0.4, 0.5) is 0 Å². The molecule has 2 N–H and O–H groups in total. The summed E-state index contributed by atoms with van der Waals surface area (Å²) in [6, 6.07) is 8.93. The molecular weight excluding hydrogens is 326 g/mol. The number of nitrogens with one attached hydrogen (secondary N) is 1. The van der Waals surface area contributed by atoms with E-state index in [0.717, 1.165) is 6.42 Å². The zero-order valence-corrected chi connectivity index (χ0v) is 15.0. The minimum absolute atomic E-state index is 0.0812. The van der Waals surface area contributed by atoms with Gasteiger partial charge in [-0.05, 0) is 29.7 Å². The van der Waals surface area contributed by atoms with Gasteiger partial charge in [0.15, 0.2) is 0 Å². The van der Waals surface area contributed by atoms with Crippen LogP contribution in [0.5, 0.6) is 0 Å². The second-order valence-corrected chi connectivity index (χ2v) is 9.51. The number of ketones is 1. The van der Waals surface area contributed by atoms with E-state index in [2.05, 4.69) is 4.72 Å². The van der Waals surface area contributed by atoms with Gasteiger partial charge >= 0.3 is 0 Å². The van der Waals surface area contributed by atoms with Gasteiger partial charge in [0.1, 0.15) is 5.78 Å². The highest BCUT2D eigenvalue weighted by Crippen LogP contribution is 2.64. The minimum atomic E-state index is -3.65. The third kappa shape index (κ3) is 2.80. The highest BCUT2D eigenvalue weighted by Gasteiger charge is 2.65. The fraction of sp³-hybridized carbons (Fsp3) is 0.611. The summed E-state index contributed by atoms with van der Waals surface area (Å²) in [5, 5.41) is 10.1. The van der Waals surface area contributed by atoms with Crippen molar-refractivity contribution in [3.8, 4) is 0 Å². The van der Waals surface area contributed by atoms with Crippen LogP contribution in [0.25, 0.3) is 0 Å². The lowest BCUT2D eigenvalue weighted by molar-refractivity contribution is -0.128. The minimum Gasteiger partial charge on any atom is -0.387 e. The van der Waals surface area contributed by atoms with Crippen LogP contribution in [0.1, 0.15) is 44.8 Å². The Labute approximate surface area is 143 Å². The van der Waals surface area contributed by atoms with Gasteiger partial charge in [0, 0.05) is 18.4 Å². The fourth-order valence-corrected chi connectivity index (χ4v) is 6.32. The van der Waals surface area contributed by atoms with E-state index < -0.39 is 21.5 Å². The predicted octanol–water partition coefficient (Wildman–Crippen LogP) is 2.03. The van der Waals surface area contributed by atoms with E-state index in [4.69, 9.17) is 0 Å². The van der Waals surface area contributed by atoms with Crippen molar-refractivity contribution in [1.82, 2.24) is 4.72 Å². The van der Waals surface area contributed by atoms with Crippen LogP contribution < -0.4 is 4.72 Å². The quantitative estimate of drug-likeness (QED) is 0.821. The third-order valence-corrected chi connectivity index (χ3v) is 7.74. The number of sulfonamides is 1. The lowest BCUT2D eigenvalue weighted by atomic mass is 9.70. The standard InChI is InChI=1S/C18H25NO4S/c1-17(2)14-8-9-18(17,16(21)10-14)12-24(22,23)19-11-15(20)13-6-4-3-5-7-13/h3-7,14-15,19-20H,8-12H2,1-2H3/t14-,15-,18+/m0/s1. The second kappa shape index (κ2) is 5.93. The van der Waals surface area contributed by atoms with Crippen LogP contribution in [-0.4, -0.2) is 31.6 Å². The van der Waals surface area contributed by atoms with Crippen LogP contribution >= 0.6 is 0 Å². The summed E-state index contributed by atoms with van der Waals surface area (Å²) in [6.45, 7) is 3.95. The summed E-state index contributed by atoms with van der Waals surface area (Å²) in [5.41, 5.74) is -0.394. The van der Waals surface area contributed by atoms with Gasteiger partial charge in [0.2, 0.25) is 10.0 Å².